The summed E-state index contributed by atoms with van der Waals surface area (Å²) in [7, 11) is 0. The average molecular weight is 275 g/mol. The van der Waals surface area contributed by atoms with Crippen molar-refractivity contribution in [2.75, 3.05) is 0 Å². The van der Waals surface area contributed by atoms with Crippen LogP contribution in [0, 0.1) is 10.1 Å². The molecule has 0 aromatic heterocycles. The van der Waals surface area contributed by atoms with Crippen molar-refractivity contribution >= 4 is 11.5 Å². The summed E-state index contributed by atoms with van der Waals surface area (Å²) in [4.78, 5) is 21.5. The average Bonchev–Trinajstić information content (AvgIpc) is 2.35. The Labute approximate surface area is 107 Å². The molecule has 1 rings (SSSR count). The van der Waals surface area contributed by atoms with Crippen molar-refractivity contribution in [3.8, 4) is 0 Å². The predicted molar refractivity (Wildman–Crippen MR) is 61.8 cm³/mol. The molecular weight excluding hydrogens is 263 g/mol. The summed E-state index contributed by atoms with van der Waals surface area (Å²) in [6, 6.07) is 2.22. The van der Waals surface area contributed by atoms with E-state index < -0.39 is 28.3 Å². The lowest BCUT2D eigenvalue weighted by Crippen LogP contribution is -2.12. The Balaban J connectivity index is 3.35. The van der Waals surface area contributed by atoms with Crippen LogP contribution in [0.15, 0.2) is 18.2 Å². The number of nitrogens with zero attached hydrogens (tertiary/aromatic N) is 1. The first-order valence-electron chi connectivity index (χ1n) is 5.56. The third-order valence-corrected chi connectivity index (χ3v) is 2.85. The highest BCUT2D eigenvalue weighted by Crippen LogP contribution is 2.35. The standard InChI is InChI=1S/C12H12F3NO3/c1-3-11(17)7(2)9-5-4-8(12(13,14)15)6-10(9)16(18)19/h4-7H,3H2,1-2H3. The molecule has 19 heavy (non-hydrogen) atoms. The fraction of sp³-hybridized carbons (Fsp3) is 0.417. The molecule has 4 nitrogen and oxygen atoms in total. The number of nitro groups is 1. The van der Waals surface area contributed by atoms with Crippen LogP contribution in [0.2, 0.25) is 0 Å². The summed E-state index contributed by atoms with van der Waals surface area (Å²) in [5.41, 5.74) is -1.77. The molecule has 7 heteroatoms. The van der Waals surface area contributed by atoms with Crippen molar-refractivity contribution in [3.63, 3.8) is 0 Å². The summed E-state index contributed by atoms with van der Waals surface area (Å²) < 4.78 is 37.5. The Morgan fingerprint density at radius 3 is 2.42 bits per heavy atom. The molecule has 0 bridgehead atoms. The maximum absolute atomic E-state index is 12.5. The molecule has 1 unspecified atom stereocenters. The lowest BCUT2D eigenvalue weighted by Gasteiger charge is -2.12. The van der Waals surface area contributed by atoms with Gasteiger partial charge in [0, 0.05) is 24.0 Å². The van der Waals surface area contributed by atoms with Crippen molar-refractivity contribution in [2.24, 2.45) is 0 Å². The maximum atomic E-state index is 12.5. The highest BCUT2D eigenvalue weighted by atomic mass is 19.4. The van der Waals surface area contributed by atoms with Gasteiger partial charge in [-0.15, -0.1) is 0 Å². The Hall–Kier alpha value is -1.92. The summed E-state index contributed by atoms with van der Waals surface area (Å²) >= 11 is 0. The number of benzene rings is 1. The first kappa shape index (κ1) is 15.1. The molecule has 0 saturated heterocycles. The number of hydrogen-bond acceptors (Lipinski definition) is 3. The minimum Gasteiger partial charge on any atom is -0.299 e. The smallest absolute Gasteiger partial charge is 0.299 e. The fourth-order valence-electron chi connectivity index (χ4n) is 1.72. The molecule has 0 amide bonds. The molecule has 1 aromatic rings. The molecule has 0 aliphatic heterocycles. The lowest BCUT2D eigenvalue weighted by atomic mass is 9.93. The first-order chi connectivity index (χ1) is 8.68. The maximum Gasteiger partial charge on any atom is 0.416 e. The van der Waals surface area contributed by atoms with E-state index in [4.69, 9.17) is 0 Å². The number of nitro benzene ring substituents is 1. The van der Waals surface area contributed by atoms with E-state index in [1.54, 1.807) is 6.92 Å². The second-order valence-corrected chi connectivity index (χ2v) is 4.07. The Bertz CT molecular complexity index is 511. The van der Waals surface area contributed by atoms with Gasteiger partial charge in [-0.3, -0.25) is 14.9 Å². The van der Waals surface area contributed by atoms with Gasteiger partial charge in [-0.1, -0.05) is 19.9 Å². The number of halogens is 3. The molecule has 0 fully saturated rings. The van der Waals surface area contributed by atoms with Gasteiger partial charge in [-0.25, -0.2) is 0 Å². The molecule has 0 saturated carbocycles. The number of hydrogen-bond donors (Lipinski definition) is 0. The normalized spacial score (nSPS) is 13.1. The minimum atomic E-state index is -4.65. The molecule has 0 radical (unpaired) electrons. The van der Waals surface area contributed by atoms with Crippen LogP contribution in [0.4, 0.5) is 18.9 Å². The van der Waals surface area contributed by atoms with E-state index in [1.165, 1.54) is 6.92 Å². The van der Waals surface area contributed by atoms with Crippen molar-refractivity contribution < 1.29 is 22.9 Å². The fourth-order valence-corrected chi connectivity index (χ4v) is 1.72. The molecule has 0 aliphatic rings. The topological polar surface area (TPSA) is 60.2 Å². The van der Waals surface area contributed by atoms with Gasteiger partial charge in [0.25, 0.3) is 5.69 Å². The van der Waals surface area contributed by atoms with Gasteiger partial charge in [-0.2, -0.15) is 13.2 Å². The van der Waals surface area contributed by atoms with Crippen LogP contribution in [-0.2, 0) is 11.0 Å². The van der Waals surface area contributed by atoms with Gasteiger partial charge in [0.1, 0.15) is 5.78 Å². The zero-order valence-corrected chi connectivity index (χ0v) is 10.3. The zero-order chi connectivity index (χ0) is 14.8. The number of carbonyl (C=O) groups excluding carboxylic acids is 1. The zero-order valence-electron chi connectivity index (χ0n) is 10.3. The summed E-state index contributed by atoms with van der Waals surface area (Å²) in [6.07, 6.45) is -4.49. The molecule has 0 heterocycles. The number of Topliss-reactive ketones (excluding diaryl/α,β-unsaturated/α-hetero) is 1. The lowest BCUT2D eigenvalue weighted by molar-refractivity contribution is -0.385. The van der Waals surface area contributed by atoms with E-state index in [2.05, 4.69) is 0 Å². The summed E-state index contributed by atoms with van der Waals surface area (Å²) in [5, 5.41) is 10.8. The van der Waals surface area contributed by atoms with E-state index in [-0.39, 0.29) is 17.8 Å². The number of alkyl halides is 3. The van der Waals surface area contributed by atoms with Gasteiger partial charge >= 0.3 is 6.18 Å². The molecule has 1 atom stereocenters. The number of carbonyl (C=O) groups is 1. The van der Waals surface area contributed by atoms with E-state index in [0.29, 0.717) is 6.07 Å². The van der Waals surface area contributed by atoms with Crippen LogP contribution in [0.1, 0.15) is 37.3 Å². The molecule has 1 aromatic carbocycles. The molecule has 104 valence electrons. The monoisotopic (exact) mass is 275 g/mol. The van der Waals surface area contributed by atoms with Gasteiger partial charge in [0.15, 0.2) is 0 Å². The Morgan fingerprint density at radius 2 is 2.00 bits per heavy atom. The van der Waals surface area contributed by atoms with Crippen LogP contribution in [0.5, 0.6) is 0 Å². The first-order valence-corrected chi connectivity index (χ1v) is 5.56. The van der Waals surface area contributed by atoms with Crippen molar-refractivity contribution in [1.29, 1.82) is 0 Å². The highest BCUT2D eigenvalue weighted by Gasteiger charge is 2.34. The number of rotatable bonds is 4. The van der Waals surface area contributed by atoms with E-state index in [0.717, 1.165) is 12.1 Å². The van der Waals surface area contributed by atoms with Crippen LogP contribution in [0.3, 0.4) is 0 Å². The molecule has 0 N–H and O–H groups in total. The Kier molecular flexibility index (Phi) is 4.28. The van der Waals surface area contributed by atoms with Crippen LogP contribution in [-0.4, -0.2) is 10.7 Å². The Morgan fingerprint density at radius 1 is 1.42 bits per heavy atom. The van der Waals surface area contributed by atoms with Crippen molar-refractivity contribution in [1.82, 2.24) is 0 Å². The van der Waals surface area contributed by atoms with Gasteiger partial charge in [0.2, 0.25) is 0 Å². The van der Waals surface area contributed by atoms with Crippen molar-refractivity contribution in [3.05, 3.63) is 39.4 Å². The van der Waals surface area contributed by atoms with Crippen LogP contribution < -0.4 is 0 Å². The largest absolute Gasteiger partial charge is 0.416 e. The van der Waals surface area contributed by atoms with Crippen LogP contribution in [0.25, 0.3) is 0 Å². The van der Waals surface area contributed by atoms with E-state index >= 15 is 0 Å². The SMILES string of the molecule is CCC(=O)C(C)c1ccc(C(F)(F)F)cc1[N+](=O)[O-]. The van der Waals surface area contributed by atoms with E-state index in [9.17, 15) is 28.1 Å². The minimum absolute atomic E-state index is 0.00449. The van der Waals surface area contributed by atoms with E-state index in [1.807, 2.05) is 0 Å². The molecular formula is C12H12F3NO3. The quantitative estimate of drug-likeness (QED) is 0.621. The second-order valence-electron chi connectivity index (χ2n) is 4.07. The van der Waals surface area contributed by atoms with Crippen molar-refractivity contribution in [2.45, 2.75) is 32.4 Å². The second kappa shape index (κ2) is 5.38. The number of ketones is 1. The van der Waals surface area contributed by atoms with Gasteiger partial charge < -0.3 is 0 Å². The molecule has 0 spiro atoms. The van der Waals surface area contributed by atoms with Gasteiger partial charge in [0.05, 0.1) is 10.5 Å². The summed E-state index contributed by atoms with van der Waals surface area (Å²) in [6.45, 7) is 3.04. The third-order valence-electron chi connectivity index (χ3n) is 2.85. The highest BCUT2D eigenvalue weighted by molar-refractivity contribution is 5.86. The van der Waals surface area contributed by atoms with Gasteiger partial charge in [-0.05, 0) is 6.07 Å². The van der Waals surface area contributed by atoms with Crippen LogP contribution >= 0.6 is 0 Å². The molecule has 0 aliphatic carbocycles. The third kappa shape index (κ3) is 3.30. The predicted octanol–water partition coefficient (Wildman–Crippen LogP) is 3.70. The summed E-state index contributed by atoms with van der Waals surface area (Å²) in [5.74, 6) is -1.06.